The van der Waals surface area contributed by atoms with Crippen LogP contribution in [0.25, 0.3) is 0 Å². The van der Waals surface area contributed by atoms with Crippen LogP contribution in [0.1, 0.15) is 11.7 Å². The minimum absolute atomic E-state index is 0.0798. The van der Waals surface area contributed by atoms with Crippen molar-refractivity contribution in [3.05, 3.63) is 59.7 Å². The van der Waals surface area contributed by atoms with Crippen LogP contribution in [0.3, 0.4) is 0 Å². The van der Waals surface area contributed by atoms with Crippen molar-refractivity contribution < 1.29 is 23.4 Å². The van der Waals surface area contributed by atoms with E-state index in [2.05, 4.69) is 10.6 Å². The van der Waals surface area contributed by atoms with Crippen molar-refractivity contribution in [2.45, 2.75) is 6.10 Å². The van der Waals surface area contributed by atoms with E-state index in [1.54, 1.807) is 6.07 Å². The van der Waals surface area contributed by atoms with Crippen LogP contribution in [0, 0.1) is 11.6 Å². The Hall–Kier alpha value is -2.67. The normalized spacial score (nSPS) is 11.7. The highest BCUT2D eigenvalue weighted by Gasteiger charge is 2.14. The lowest BCUT2D eigenvalue weighted by molar-refractivity contribution is 0.170. The van der Waals surface area contributed by atoms with Crippen LogP contribution in [-0.2, 0) is 0 Å². The maximum atomic E-state index is 13.5. The monoisotopic (exact) mass is 322 g/mol. The average Bonchev–Trinajstić information content (AvgIpc) is 2.53. The van der Waals surface area contributed by atoms with Gasteiger partial charge in [-0.1, -0.05) is 18.2 Å². The molecule has 1 unspecified atom stereocenters. The summed E-state index contributed by atoms with van der Waals surface area (Å²) < 4.78 is 31.7. The van der Waals surface area contributed by atoms with Crippen LogP contribution in [0.4, 0.5) is 19.3 Å². The van der Waals surface area contributed by atoms with Crippen LogP contribution in [0.2, 0.25) is 0 Å². The Kier molecular flexibility index (Phi) is 5.48. The molecular formula is C16H16F2N2O3. The number of amides is 2. The van der Waals surface area contributed by atoms with Gasteiger partial charge in [0.1, 0.15) is 17.4 Å². The van der Waals surface area contributed by atoms with Gasteiger partial charge >= 0.3 is 6.03 Å². The quantitative estimate of drug-likeness (QED) is 0.793. The first-order valence-corrected chi connectivity index (χ1v) is 6.82. The van der Waals surface area contributed by atoms with Crippen molar-refractivity contribution in [2.24, 2.45) is 0 Å². The molecule has 23 heavy (non-hydrogen) atoms. The summed E-state index contributed by atoms with van der Waals surface area (Å²) in [5.74, 6) is -0.808. The van der Waals surface area contributed by atoms with Gasteiger partial charge in [0, 0.05) is 18.2 Å². The van der Waals surface area contributed by atoms with Crippen molar-refractivity contribution in [1.29, 1.82) is 0 Å². The highest BCUT2D eigenvalue weighted by atomic mass is 19.1. The first-order valence-electron chi connectivity index (χ1n) is 6.82. The summed E-state index contributed by atoms with van der Waals surface area (Å²) in [7, 11) is 1.39. The molecule has 0 aliphatic carbocycles. The fraction of sp³-hybridized carbons (Fsp3) is 0.188. The van der Waals surface area contributed by atoms with Gasteiger partial charge in [-0.2, -0.15) is 0 Å². The van der Waals surface area contributed by atoms with Gasteiger partial charge in [-0.15, -0.1) is 0 Å². The molecule has 2 aromatic carbocycles. The van der Waals surface area contributed by atoms with Crippen molar-refractivity contribution in [1.82, 2.24) is 5.32 Å². The van der Waals surface area contributed by atoms with Crippen LogP contribution in [0.5, 0.6) is 5.75 Å². The summed E-state index contributed by atoms with van der Waals surface area (Å²) in [5.41, 5.74) is 0.224. The summed E-state index contributed by atoms with van der Waals surface area (Å²) in [6.07, 6.45) is -1.20. The summed E-state index contributed by atoms with van der Waals surface area (Å²) in [4.78, 5) is 11.8. The molecule has 2 aromatic rings. The fourth-order valence-corrected chi connectivity index (χ4v) is 1.99. The Bertz CT molecular complexity index is 695. The largest absolute Gasteiger partial charge is 0.495 e. The molecule has 5 nitrogen and oxygen atoms in total. The highest BCUT2D eigenvalue weighted by molar-refractivity contribution is 5.90. The lowest BCUT2D eigenvalue weighted by Crippen LogP contribution is -2.32. The molecule has 3 N–H and O–H groups in total. The summed E-state index contributed by atoms with van der Waals surface area (Å²) in [6.45, 7) is -0.204. The summed E-state index contributed by atoms with van der Waals surface area (Å²) in [6, 6.07) is 8.73. The Morgan fingerprint density at radius 2 is 2.00 bits per heavy atom. The van der Waals surface area contributed by atoms with E-state index < -0.39 is 23.8 Å². The van der Waals surface area contributed by atoms with Gasteiger partial charge in [0.15, 0.2) is 0 Å². The maximum Gasteiger partial charge on any atom is 0.319 e. The predicted octanol–water partition coefficient (Wildman–Crippen LogP) is 2.83. The molecule has 0 heterocycles. The van der Waals surface area contributed by atoms with Crippen LogP contribution in [-0.4, -0.2) is 24.8 Å². The van der Waals surface area contributed by atoms with Crippen LogP contribution >= 0.6 is 0 Å². The lowest BCUT2D eigenvalue weighted by atomic mass is 10.1. The number of carbonyl (C=O) groups excluding carboxylic acids is 1. The van der Waals surface area contributed by atoms with E-state index in [1.165, 1.54) is 37.4 Å². The van der Waals surface area contributed by atoms with Crippen LogP contribution in [0.15, 0.2) is 42.5 Å². The Morgan fingerprint density at radius 3 is 2.70 bits per heavy atom. The first-order chi connectivity index (χ1) is 11.0. The lowest BCUT2D eigenvalue weighted by Gasteiger charge is -2.14. The van der Waals surface area contributed by atoms with E-state index in [0.29, 0.717) is 0 Å². The average molecular weight is 322 g/mol. The minimum Gasteiger partial charge on any atom is -0.495 e. The molecule has 0 aliphatic heterocycles. The molecule has 0 saturated heterocycles. The molecule has 122 valence electrons. The smallest absolute Gasteiger partial charge is 0.319 e. The first kappa shape index (κ1) is 16.7. The van der Waals surface area contributed by atoms with E-state index in [1.807, 2.05) is 0 Å². The second-order valence-electron chi connectivity index (χ2n) is 4.72. The molecule has 7 heteroatoms. The number of ether oxygens (including phenoxy) is 1. The molecule has 0 bridgehead atoms. The van der Waals surface area contributed by atoms with E-state index in [-0.39, 0.29) is 23.5 Å². The third-order valence-electron chi connectivity index (χ3n) is 3.13. The number of nitrogens with one attached hydrogen (secondary N) is 2. The third kappa shape index (κ3) is 4.40. The molecule has 2 rings (SSSR count). The zero-order chi connectivity index (χ0) is 16.8. The number of anilines is 1. The van der Waals surface area contributed by atoms with Gasteiger partial charge in [-0.05, 0) is 18.2 Å². The van der Waals surface area contributed by atoms with Crippen molar-refractivity contribution in [3.8, 4) is 5.75 Å². The fourth-order valence-electron chi connectivity index (χ4n) is 1.99. The number of rotatable bonds is 5. The topological polar surface area (TPSA) is 70.6 Å². The third-order valence-corrected chi connectivity index (χ3v) is 3.13. The molecule has 0 aliphatic rings. The molecule has 0 fully saturated rings. The maximum absolute atomic E-state index is 13.5. The second-order valence-corrected chi connectivity index (χ2v) is 4.72. The summed E-state index contributed by atoms with van der Waals surface area (Å²) >= 11 is 0. The van der Waals surface area contributed by atoms with Crippen molar-refractivity contribution in [2.75, 3.05) is 19.0 Å². The van der Waals surface area contributed by atoms with Gasteiger partial charge in [-0.3, -0.25) is 0 Å². The number of benzene rings is 2. The number of halogens is 2. The minimum atomic E-state index is -1.20. The van der Waals surface area contributed by atoms with E-state index in [0.717, 1.165) is 6.07 Å². The van der Waals surface area contributed by atoms with E-state index in [9.17, 15) is 18.7 Å². The number of carbonyl (C=O) groups is 1. The molecule has 0 saturated carbocycles. The molecule has 1 atom stereocenters. The summed E-state index contributed by atoms with van der Waals surface area (Å²) in [5, 5.41) is 14.7. The van der Waals surface area contributed by atoms with Gasteiger partial charge in [0.25, 0.3) is 0 Å². The molecule has 0 aromatic heterocycles. The van der Waals surface area contributed by atoms with Gasteiger partial charge in [-0.25, -0.2) is 13.6 Å². The number of hydrogen-bond acceptors (Lipinski definition) is 3. The van der Waals surface area contributed by atoms with Gasteiger partial charge in [0.05, 0.1) is 18.9 Å². The number of methoxy groups -OCH3 is 1. The highest BCUT2D eigenvalue weighted by Crippen LogP contribution is 2.24. The van der Waals surface area contributed by atoms with E-state index in [4.69, 9.17) is 4.74 Å². The predicted molar refractivity (Wildman–Crippen MR) is 81.3 cm³/mol. The number of aliphatic hydroxyl groups is 1. The Labute approximate surface area is 131 Å². The SMILES string of the molecule is COc1ccc(F)cc1NC(=O)NCC(O)c1ccccc1F. The zero-order valence-corrected chi connectivity index (χ0v) is 12.3. The van der Waals surface area contributed by atoms with Crippen LogP contribution < -0.4 is 15.4 Å². The second kappa shape index (κ2) is 7.55. The van der Waals surface area contributed by atoms with Gasteiger partial charge < -0.3 is 20.5 Å². The number of hydrogen-bond donors (Lipinski definition) is 3. The Morgan fingerprint density at radius 1 is 1.26 bits per heavy atom. The molecule has 0 spiro atoms. The Balaban J connectivity index is 1.95. The standard InChI is InChI=1S/C16H16F2N2O3/c1-23-15-7-6-10(17)8-13(15)20-16(22)19-9-14(21)11-4-2-3-5-12(11)18/h2-8,14,21H,9H2,1H3,(H2,19,20,22). The number of urea groups is 1. The molecule has 0 radical (unpaired) electrons. The number of aliphatic hydroxyl groups excluding tert-OH is 1. The van der Waals surface area contributed by atoms with Crippen molar-refractivity contribution in [3.63, 3.8) is 0 Å². The molecule has 2 amide bonds. The van der Waals surface area contributed by atoms with Crippen molar-refractivity contribution >= 4 is 11.7 Å². The zero-order valence-electron chi connectivity index (χ0n) is 12.3. The van der Waals surface area contributed by atoms with E-state index >= 15 is 0 Å². The van der Waals surface area contributed by atoms with Gasteiger partial charge in [0.2, 0.25) is 0 Å². The molecular weight excluding hydrogens is 306 g/mol.